The first-order chi connectivity index (χ1) is 26.2. The molecular weight excluding hydrogens is 651 g/mol. The number of allylic oxidation sites excluding steroid dienone is 4. The summed E-state index contributed by atoms with van der Waals surface area (Å²) in [4.78, 5) is 16.4. The lowest BCUT2D eigenvalue weighted by molar-refractivity contribution is 0.177. The Kier molecular flexibility index (Phi) is 5.75. The molecule has 1 spiro atoms. The number of para-hydroxylation sites is 2. The normalized spacial score (nSPS) is 21.2. The topological polar surface area (TPSA) is 65.0 Å². The van der Waals surface area contributed by atoms with E-state index in [9.17, 15) is 0 Å². The van der Waals surface area contributed by atoms with Crippen LogP contribution in [0.1, 0.15) is 46.8 Å². The number of hydrogen-bond acceptors (Lipinski definition) is 5. The fraction of sp³-hybridized carbons (Fsp3) is 0.104. The van der Waals surface area contributed by atoms with Crippen molar-refractivity contribution in [3.8, 4) is 22.8 Å². The minimum Gasteiger partial charge on any atom is -0.456 e. The number of nitrogens with zero attached hydrogens (tertiary/aromatic N) is 3. The molecule has 2 bridgehead atoms. The van der Waals surface area contributed by atoms with E-state index in [0.29, 0.717) is 11.6 Å². The summed E-state index contributed by atoms with van der Waals surface area (Å²) in [5, 5.41) is 4.32. The molecule has 0 fully saturated rings. The van der Waals surface area contributed by atoms with Crippen LogP contribution in [0.3, 0.4) is 0 Å². The predicted molar refractivity (Wildman–Crippen MR) is 210 cm³/mol. The van der Waals surface area contributed by atoms with Crippen LogP contribution in [0, 0.1) is 5.41 Å². The summed E-state index contributed by atoms with van der Waals surface area (Å²) in [7, 11) is 0. The Labute approximate surface area is 305 Å². The number of rotatable bonds is 3. The molecule has 0 aliphatic heterocycles. The van der Waals surface area contributed by atoms with E-state index in [4.69, 9.17) is 23.8 Å². The molecule has 0 radical (unpaired) electrons. The molecule has 0 saturated carbocycles. The highest BCUT2D eigenvalue weighted by molar-refractivity contribution is 6.06. The molecule has 1 unspecified atom stereocenters. The average Bonchev–Trinajstić information content (AvgIpc) is 3.79. The van der Waals surface area contributed by atoms with Gasteiger partial charge in [-0.15, -0.1) is 0 Å². The van der Waals surface area contributed by atoms with Gasteiger partial charge in [-0.1, -0.05) is 121 Å². The molecule has 3 heterocycles. The maximum atomic E-state index is 6.38. The molecule has 0 saturated heterocycles. The van der Waals surface area contributed by atoms with Crippen molar-refractivity contribution in [2.75, 3.05) is 0 Å². The average molecular weight is 682 g/mol. The van der Waals surface area contributed by atoms with Crippen LogP contribution in [0.15, 0.2) is 167 Å². The highest BCUT2D eigenvalue weighted by Crippen LogP contribution is 2.68. The molecule has 3 aromatic heterocycles. The Balaban J connectivity index is 1.17. The largest absolute Gasteiger partial charge is 0.456 e. The van der Waals surface area contributed by atoms with Gasteiger partial charge in [0, 0.05) is 44.0 Å². The van der Waals surface area contributed by atoms with Crippen LogP contribution in [0.25, 0.3) is 66.7 Å². The van der Waals surface area contributed by atoms with Crippen LogP contribution < -0.4 is 0 Å². The molecule has 53 heavy (non-hydrogen) atoms. The van der Waals surface area contributed by atoms with Gasteiger partial charge in [0.15, 0.2) is 11.6 Å². The van der Waals surface area contributed by atoms with Gasteiger partial charge in [-0.3, -0.25) is 0 Å². The Bertz CT molecular complexity index is 2880. The van der Waals surface area contributed by atoms with Crippen molar-refractivity contribution in [2.24, 2.45) is 5.41 Å². The van der Waals surface area contributed by atoms with Crippen molar-refractivity contribution in [3.63, 3.8) is 0 Å². The van der Waals surface area contributed by atoms with Crippen molar-refractivity contribution in [1.29, 1.82) is 0 Å². The standard InChI is InChI=1S/C48H31N3O2/c1-10-24-47(25-11-1)28-37-31-12-2-6-16-38(31)48(47,39-17-7-3-13-32(37)39)46-50-44(29-20-22-35-33-14-4-8-18-40(33)52-42(35)26-29)49-45(51-46)30-21-23-36-34-15-5-9-19-41(34)53-43(36)27-30/h1-24,26-27,37H,25,28H2. The molecule has 6 aromatic carbocycles. The maximum absolute atomic E-state index is 6.38. The van der Waals surface area contributed by atoms with Crippen molar-refractivity contribution < 1.29 is 8.83 Å². The van der Waals surface area contributed by atoms with E-state index in [2.05, 4.69) is 121 Å². The van der Waals surface area contributed by atoms with Gasteiger partial charge in [0.1, 0.15) is 28.2 Å². The fourth-order valence-corrected chi connectivity index (χ4v) is 9.96. The van der Waals surface area contributed by atoms with Gasteiger partial charge < -0.3 is 8.83 Å². The summed E-state index contributed by atoms with van der Waals surface area (Å²) in [5.74, 6) is 2.26. The molecule has 9 aromatic rings. The summed E-state index contributed by atoms with van der Waals surface area (Å²) in [6.07, 6.45) is 11.0. The summed E-state index contributed by atoms with van der Waals surface area (Å²) in [6.45, 7) is 0. The van der Waals surface area contributed by atoms with Gasteiger partial charge in [0.25, 0.3) is 0 Å². The fourth-order valence-electron chi connectivity index (χ4n) is 9.96. The molecule has 0 N–H and O–H groups in total. The van der Waals surface area contributed by atoms with Crippen LogP contribution >= 0.6 is 0 Å². The van der Waals surface area contributed by atoms with Crippen LogP contribution in [0.5, 0.6) is 0 Å². The minimum atomic E-state index is -0.671. The van der Waals surface area contributed by atoms with Gasteiger partial charge in [-0.25, -0.2) is 15.0 Å². The van der Waals surface area contributed by atoms with Crippen LogP contribution in [0.2, 0.25) is 0 Å². The highest BCUT2D eigenvalue weighted by atomic mass is 16.3. The first-order valence-electron chi connectivity index (χ1n) is 18.3. The SMILES string of the molecule is C1=CCC2(C=C1)CC1c3ccccc3C2(c2nc(-c3ccc4c(c3)oc3ccccc34)nc(-c3ccc4c(c3)oc3ccccc34)n2)c2ccccc21. The lowest BCUT2D eigenvalue weighted by atomic mass is 9.42. The third-order valence-electron chi connectivity index (χ3n) is 12.2. The van der Waals surface area contributed by atoms with Gasteiger partial charge in [-0.05, 0) is 71.5 Å². The van der Waals surface area contributed by atoms with Gasteiger partial charge in [0.2, 0.25) is 0 Å². The van der Waals surface area contributed by atoms with Gasteiger partial charge in [0.05, 0.1) is 5.41 Å². The second-order valence-corrected chi connectivity index (χ2v) is 14.8. The Morgan fingerprint density at radius 2 is 1.04 bits per heavy atom. The monoisotopic (exact) mass is 681 g/mol. The Morgan fingerprint density at radius 3 is 1.60 bits per heavy atom. The van der Waals surface area contributed by atoms with E-state index in [0.717, 1.165) is 73.7 Å². The van der Waals surface area contributed by atoms with Crippen LogP contribution in [-0.2, 0) is 5.41 Å². The first-order valence-corrected chi connectivity index (χ1v) is 18.3. The summed E-state index contributed by atoms with van der Waals surface area (Å²) >= 11 is 0. The smallest absolute Gasteiger partial charge is 0.163 e. The van der Waals surface area contributed by atoms with E-state index in [1.54, 1.807) is 0 Å². The molecule has 4 aliphatic carbocycles. The van der Waals surface area contributed by atoms with Gasteiger partial charge in [-0.2, -0.15) is 0 Å². The minimum absolute atomic E-state index is 0.281. The number of hydrogen-bond donors (Lipinski definition) is 0. The van der Waals surface area contributed by atoms with E-state index in [1.165, 1.54) is 22.3 Å². The number of fused-ring (bicyclic) bond motifs is 6. The van der Waals surface area contributed by atoms with Crippen molar-refractivity contribution in [2.45, 2.75) is 24.2 Å². The van der Waals surface area contributed by atoms with Crippen molar-refractivity contribution in [3.05, 3.63) is 186 Å². The molecular formula is C48H31N3O2. The summed E-state index contributed by atoms with van der Waals surface area (Å²) in [5.41, 5.74) is 9.40. The second-order valence-electron chi connectivity index (χ2n) is 14.8. The quantitative estimate of drug-likeness (QED) is 0.186. The summed E-state index contributed by atoms with van der Waals surface area (Å²) in [6, 6.07) is 47.0. The summed E-state index contributed by atoms with van der Waals surface area (Å²) < 4.78 is 12.8. The van der Waals surface area contributed by atoms with Crippen LogP contribution in [0.4, 0.5) is 0 Å². The van der Waals surface area contributed by atoms with Crippen LogP contribution in [-0.4, -0.2) is 15.0 Å². The van der Waals surface area contributed by atoms with E-state index >= 15 is 0 Å². The predicted octanol–water partition coefficient (Wildman–Crippen LogP) is 11.7. The van der Waals surface area contributed by atoms with Gasteiger partial charge >= 0.3 is 0 Å². The number of benzene rings is 6. The molecule has 13 rings (SSSR count). The lowest BCUT2D eigenvalue weighted by Crippen LogP contribution is -2.56. The van der Waals surface area contributed by atoms with E-state index in [-0.39, 0.29) is 11.3 Å². The third kappa shape index (κ3) is 3.83. The molecule has 4 aliphatic rings. The zero-order valence-corrected chi connectivity index (χ0v) is 28.7. The molecule has 1 atom stereocenters. The number of furan rings is 2. The second kappa shape index (κ2) is 10.5. The Hall–Kier alpha value is -6.59. The lowest BCUT2D eigenvalue weighted by Gasteiger charge is -2.59. The molecule has 0 amide bonds. The highest BCUT2D eigenvalue weighted by Gasteiger charge is 2.63. The van der Waals surface area contributed by atoms with E-state index in [1.807, 2.05) is 36.4 Å². The molecule has 5 heteroatoms. The molecule has 250 valence electrons. The maximum Gasteiger partial charge on any atom is 0.163 e. The zero-order valence-electron chi connectivity index (χ0n) is 28.7. The first kappa shape index (κ1) is 29.0. The Morgan fingerprint density at radius 1 is 0.509 bits per heavy atom. The third-order valence-corrected chi connectivity index (χ3v) is 12.2. The zero-order chi connectivity index (χ0) is 34.7. The molecule has 5 nitrogen and oxygen atoms in total. The van der Waals surface area contributed by atoms with Crippen molar-refractivity contribution >= 4 is 43.9 Å². The number of aromatic nitrogens is 3. The van der Waals surface area contributed by atoms with Crippen molar-refractivity contribution in [1.82, 2.24) is 15.0 Å². The van der Waals surface area contributed by atoms with E-state index < -0.39 is 5.41 Å².